The fourth-order valence-electron chi connectivity index (χ4n) is 4.33. The van der Waals surface area contributed by atoms with Gasteiger partial charge in [0.05, 0.1) is 12.0 Å². The van der Waals surface area contributed by atoms with Crippen molar-refractivity contribution in [3.8, 4) is 16.9 Å². The van der Waals surface area contributed by atoms with Crippen molar-refractivity contribution >= 4 is 16.0 Å². The van der Waals surface area contributed by atoms with Gasteiger partial charge in [-0.05, 0) is 65.8 Å². The van der Waals surface area contributed by atoms with Crippen LogP contribution in [-0.2, 0) is 26.1 Å². The first-order valence-corrected chi connectivity index (χ1v) is 12.8. The normalized spacial score (nSPS) is 15.6. The number of nitrogens with zero attached hydrogens (tertiary/aromatic N) is 2. The van der Waals surface area contributed by atoms with E-state index in [1.54, 1.807) is 43.8 Å². The molecule has 9 heteroatoms. The van der Waals surface area contributed by atoms with E-state index in [1.165, 1.54) is 12.1 Å². The summed E-state index contributed by atoms with van der Waals surface area (Å²) in [7, 11) is -2.54. The average Bonchev–Trinajstić information content (AvgIpc) is 2.89. The SMILES string of the molecule is COc1ccc(-c2ccc(S(=O)(=O)N(Cc3cccnc3)C(C(=O)O)C3CCOCC3)cc2)cc1. The quantitative estimate of drug-likeness (QED) is 0.480. The second kappa shape index (κ2) is 11.0. The number of carbonyl (C=O) groups is 1. The van der Waals surface area contributed by atoms with E-state index in [-0.39, 0.29) is 17.4 Å². The maximum atomic E-state index is 13.9. The summed E-state index contributed by atoms with van der Waals surface area (Å²) >= 11 is 0. The van der Waals surface area contributed by atoms with Gasteiger partial charge < -0.3 is 14.6 Å². The van der Waals surface area contributed by atoms with E-state index in [0.717, 1.165) is 21.2 Å². The lowest BCUT2D eigenvalue weighted by atomic mass is 9.91. The molecule has 1 fully saturated rings. The highest BCUT2D eigenvalue weighted by Crippen LogP contribution is 2.31. The van der Waals surface area contributed by atoms with Crippen LogP contribution in [0.5, 0.6) is 5.75 Å². The summed E-state index contributed by atoms with van der Waals surface area (Å²) in [6.07, 6.45) is 4.10. The van der Waals surface area contributed by atoms with Crippen LogP contribution >= 0.6 is 0 Å². The van der Waals surface area contributed by atoms with Gasteiger partial charge in [-0.15, -0.1) is 0 Å². The number of aliphatic carboxylic acids is 1. The number of carboxylic acids is 1. The van der Waals surface area contributed by atoms with Gasteiger partial charge in [0, 0.05) is 32.2 Å². The van der Waals surface area contributed by atoms with Crippen LogP contribution in [0.1, 0.15) is 18.4 Å². The monoisotopic (exact) mass is 496 g/mol. The molecule has 2 heterocycles. The van der Waals surface area contributed by atoms with Gasteiger partial charge >= 0.3 is 5.97 Å². The van der Waals surface area contributed by atoms with Crippen molar-refractivity contribution in [3.05, 3.63) is 78.6 Å². The van der Waals surface area contributed by atoms with Gasteiger partial charge in [-0.3, -0.25) is 9.78 Å². The van der Waals surface area contributed by atoms with Gasteiger partial charge in [-0.1, -0.05) is 30.3 Å². The highest BCUT2D eigenvalue weighted by Gasteiger charge is 2.41. The number of ether oxygens (including phenoxy) is 2. The molecule has 184 valence electrons. The van der Waals surface area contributed by atoms with Crippen molar-refractivity contribution in [1.29, 1.82) is 0 Å². The molecular formula is C26H28N2O6S. The minimum Gasteiger partial charge on any atom is -0.497 e. The number of carboxylic acid groups (broad SMARTS) is 1. The van der Waals surface area contributed by atoms with Crippen LogP contribution < -0.4 is 4.74 Å². The van der Waals surface area contributed by atoms with Crippen LogP contribution in [0.15, 0.2) is 78.0 Å². The summed E-state index contributed by atoms with van der Waals surface area (Å²) in [4.78, 5) is 16.5. The molecule has 0 saturated carbocycles. The van der Waals surface area contributed by atoms with Crippen molar-refractivity contribution in [2.45, 2.75) is 30.3 Å². The zero-order chi connectivity index (χ0) is 24.8. The summed E-state index contributed by atoms with van der Waals surface area (Å²) < 4.78 is 39.4. The third kappa shape index (κ3) is 5.70. The first-order chi connectivity index (χ1) is 16.9. The first kappa shape index (κ1) is 24.8. The van der Waals surface area contributed by atoms with Crippen molar-refractivity contribution in [2.24, 2.45) is 5.92 Å². The number of pyridine rings is 1. The molecule has 1 aliphatic heterocycles. The van der Waals surface area contributed by atoms with E-state index >= 15 is 0 Å². The van der Waals surface area contributed by atoms with Gasteiger partial charge in [0.15, 0.2) is 0 Å². The van der Waals surface area contributed by atoms with E-state index in [4.69, 9.17) is 9.47 Å². The van der Waals surface area contributed by atoms with Crippen LogP contribution in [0.2, 0.25) is 0 Å². The summed E-state index contributed by atoms with van der Waals surface area (Å²) in [6, 6.07) is 16.2. The van der Waals surface area contributed by atoms with E-state index in [0.29, 0.717) is 31.6 Å². The molecule has 0 amide bonds. The van der Waals surface area contributed by atoms with Crippen LogP contribution in [0, 0.1) is 5.92 Å². The second-order valence-electron chi connectivity index (χ2n) is 8.40. The van der Waals surface area contributed by atoms with E-state index < -0.39 is 22.0 Å². The Bertz CT molecular complexity index is 1230. The minimum atomic E-state index is -4.14. The lowest BCUT2D eigenvalue weighted by molar-refractivity contribution is -0.144. The fraction of sp³-hybridized carbons (Fsp3) is 0.308. The molecule has 35 heavy (non-hydrogen) atoms. The van der Waals surface area contributed by atoms with Crippen molar-refractivity contribution < 1.29 is 27.8 Å². The van der Waals surface area contributed by atoms with Gasteiger partial charge in [-0.2, -0.15) is 4.31 Å². The van der Waals surface area contributed by atoms with E-state index in [2.05, 4.69) is 4.98 Å². The highest BCUT2D eigenvalue weighted by atomic mass is 32.2. The third-order valence-electron chi connectivity index (χ3n) is 6.22. The molecule has 0 aliphatic carbocycles. The number of hydrogen-bond acceptors (Lipinski definition) is 6. The lowest BCUT2D eigenvalue weighted by Gasteiger charge is -2.35. The van der Waals surface area contributed by atoms with Crippen LogP contribution in [0.3, 0.4) is 0 Å². The molecule has 0 radical (unpaired) electrons. The Morgan fingerprint density at radius 2 is 1.71 bits per heavy atom. The molecular weight excluding hydrogens is 468 g/mol. The Morgan fingerprint density at radius 1 is 1.09 bits per heavy atom. The van der Waals surface area contributed by atoms with E-state index in [9.17, 15) is 18.3 Å². The zero-order valence-corrected chi connectivity index (χ0v) is 20.2. The molecule has 1 aliphatic rings. The Kier molecular flexibility index (Phi) is 7.80. The van der Waals surface area contributed by atoms with E-state index in [1.807, 2.05) is 24.3 Å². The molecule has 4 rings (SSSR count). The van der Waals surface area contributed by atoms with Crippen LogP contribution in [0.25, 0.3) is 11.1 Å². The standard InChI is InChI=1S/C26H28N2O6S/c1-33-23-8-4-20(5-9-23)21-6-10-24(11-7-21)35(31,32)28(18-19-3-2-14-27-17-19)25(26(29)30)22-12-15-34-16-13-22/h2-11,14,17,22,25H,12-13,15-16,18H2,1H3,(H,29,30). The molecule has 8 nitrogen and oxygen atoms in total. The summed E-state index contributed by atoms with van der Waals surface area (Å²) in [5.41, 5.74) is 2.36. The topological polar surface area (TPSA) is 106 Å². The second-order valence-corrected chi connectivity index (χ2v) is 10.3. The summed E-state index contributed by atoms with van der Waals surface area (Å²) in [6.45, 7) is 0.725. The highest BCUT2D eigenvalue weighted by molar-refractivity contribution is 7.89. The molecule has 3 aromatic rings. The zero-order valence-electron chi connectivity index (χ0n) is 19.4. The predicted molar refractivity (Wildman–Crippen MR) is 130 cm³/mol. The molecule has 1 unspecified atom stereocenters. The third-order valence-corrected chi connectivity index (χ3v) is 8.06. The first-order valence-electron chi connectivity index (χ1n) is 11.4. The lowest BCUT2D eigenvalue weighted by Crippen LogP contribution is -2.50. The smallest absolute Gasteiger partial charge is 0.322 e. The number of rotatable bonds is 9. The van der Waals surface area contributed by atoms with Crippen LogP contribution in [0.4, 0.5) is 0 Å². The molecule has 1 N–H and O–H groups in total. The minimum absolute atomic E-state index is 0.0389. The largest absolute Gasteiger partial charge is 0.497 e. The molecule has 1 aromatic heterocycles. The maximum Gasteiger partial charge on any atom is 0.322 e. The Balaban J connectivity index is 1.69. The van der Waals surface area contributed by atoms with Gasteiger partial charge in [0.2, 0.25) is 10.0 Å². The fourth-order valence-corrected chi connectivity index (χ4v) is 5.97. The van der Waals surface area contributed by atoms with Crippen LogP contribution in [-0.4, -0.2) is 55.1 Å². The Labute approximate surface area is 205 Å². The summed E-state index contributed by atoms with van der Waals surface area (Å²) in [5.74, 6) is -0.794. The molecule has 0 spiro atoms. The number of methoxy groups -OCH3 is 1. The molecule has 1 atom stereocenters. The number of hydrogen-bond donors (Lipinski definition) is 1. The predicted octanol–water partition coefficient (Wildman–Crippen LogP) is 3.83. The summed E-state index contributed by atoms with van der Waals surface area (Å²) in [5, 5.41) is 10.1. The number of aromatic nitrogens is 1. The molecule has 1 saturated heterocycles. The molecule has 0 bridgehead atoms. The maximum absolute atomic E-state index is 13.9. The van der Waals surface area contributed by atoms with Crippen molar-refractivity contribution in [3.63, 3.8) is 0 Å². The number of sulfonamides is 1. The average molecular weight is 497 g/mol. The van der Waals surface area contributed by atoms with Gasteiger partial charge in [0.25, 0.3) is 0 Å². The Hall–Kier alpha value is -3.27. The Morgan fingerprint density at radius 3 is 2.26 bits per heavy atom. The van der Waals surface area contributed by atoms with Crippen molar-refractivity contribution in [2.75, 3.05) is 20.3 Å². The van der Waals surface area contributed by atoms with Crippen molar-refractivity contribution in [1.82, 2.24) is 9.29 Å². The van der Waals surface area contributed by atoms with Gasteiger partial charge in [-0.25, -0.2) is 8.42 Å². The number of benzene rings is 2. The van der Waals surface area contributed by atoms with Gasteiger partial charge in [0.1, 0.15) is 11.8 Å². The molecule has 2 aromatic carbocycles.